The van der Waals surface area contributed by atoms with Crippen LogP contribution in [0.2, 0.25) is 0 Å². The fourth-order valence-corrected chi connectivity index (χ4v) is 2.73. The van der Waals surface area contributed by atoms with Gasteiger partial charge in [-0.3, -0.25) is 14.9 Å². The van der Waals surface area contributed by atoms with Gasteiger partial charge in [0.15, 0.2) is 0 Å². The zero-order valence-electron chi connectivity index (χ0n) is 13.0. The molecule has 0 aromatic rings. The lowest BCUT2D eigenvalue weighted by Crippen LogP contribution is -2.53. The first-order chi connectivity index (χ1) is 9.67. The Bertz CT molecular complexity index is 295. The monoisotopic (exact) mass is 282 g/mol. The Morgan fingerprint density at radius 3 is 2.20 bits per heavy atom. The molecular formula is C16H30N2O2. The van der Waals surface area contributed by atoms with Gasteiger partial charge in [-0.15, -0.1) is 0 Å². The first-order valence-corrected chi connectivity index (χ1v) is 8.27. The molecule has 1 fully saturated rings. The van der Waals surface area contributed by atoms with Crippen molar-refractivity contribution in [3.63, 3.8) is 0 Å². The summed E-state index contributed by atoms with van der Waals surface area (Å²) < 4.78 is 0. The van der Waals surface area contributed by atoms with Crippen molar-refractivity contribution >= 4 is 11.8 Å². The summed E-state index contributed by atoms with van der Waals surface area (Å²) in [6.07, 6.45) is 10.7. The smallest absolute Gasteiger partial charge is 0.243 e. The standard InChI is InChI=1S/C16H30N2O2/c1-3-5-7-9-13(10-8-6-4-2)17-14-11-12-15(19)18-16(14)20/h13-14,17H,3-12H2,1-2H3,(H,18,19,20). The Kier molecular flexibility index (Phi) is 8.51. The van der Waals surface area contributed by atoms with E-state index in [-0.39, 0.29) is 17.9 Å². The molecule has 1 rings (SSSR count). The highest BCUT2D eigenvalue weighted by Gasteiger charge is 2.27. The highest BCUT2D eigenvalue weighted by molar-refractivity contribution is 6.00. The van der Waals surface area contributed by atoms with Crippen molar-refractivity contribution in [1.82, 2.24) is 10.6 Å². The second-order valence-corrected chi connectivity index (χ2v) is 5.86. The first-order valence-electron chi connectivity index (χ1n) is 8.27. The summed E-state index contributed by atoms with van der Waals surface area (Å²) in [6.45, 7) is 4.42. The number of imide groups is 1. The number of amides is 2. The summed E-state index contributed by atoms with van der Waals surface area (Å²) in [4.78, 5) is 23.0. The molecule has 0 spiro atoms. The fourth-order valence-electron chi connectivity index (χ4n) is 2.73. The molecule has 116 valence electrons. The summed E-state index contributed by atoms with van der Waals surface area (Å²) in [5.74, 6) is -0.279. The number of piperidine rings is 1. The van der Waals surface area contributed by atoms with Gasteiger partial charge in [-0.25, -0.2) is 0 Å². The third-order valence-electron chi connectivity index (χ3n) is 3.99. The van der Waals surface area contributed by atoms with E-state index >= 15 is 0 Å². The lowest BCUT2D eigenvalue weighted by molar-refractivity contribution is -0.134. The van der Waals surface area contributed by atoms with Crippen molar-refractivity contribution in [2.24, 2.45) is 0 Å². The Balaban J connectivity index is 2.40. The second kappa shape index (κ2) is 9.92. The van der Waals surface area contributed by atoms with Crippen LogP contribution < -0.4 is 10.6 Å². The average molecular weight is 282 g/mol. The lowest BCUT2D eigenvalue weighted by Gasteiger charge is -2.27. The van der Waals surface area contributed by atoms with Gasteiger partial charge >= 0.3 is 0 Å². The Hall–Kier alpha value is -0.900. The van der Waals surface area contributed by atoms with Crippen molar-refractivity contribution in [1.29, 1.82) is 0 Å². The van der Waals surface area contributed by atoms with Crippen molar-refractivity contribution in [2.75, 3.05) is 0 Å². The first kappa shape index (κ1) is 17.2. The zero-order chi connectivity index (χ0) is 14.8. The normalized spacial score (nSPS) is 19.4. The van der Waals surface area contributed by atoms with Crippen molar-refractivity contribution in [2.45, 2.75) is 90.1 Å². The van der Waals surface area contributed by atoms with Crippen LogP contribution in [0.1, 0.15) is 78.1 Å². The van der Waals surface area contributed by atoms with Crippen LogP contribution in [-0.4, -0.2) is 23.9 Å². The van der Waals surface area contributed by atoms with E-state index in [2.05, 4.69) is 24.5 Å². The number of nitrogens with one attached hydrogen (secondary N) is 2. The average Bonchev–Trinajstić information content (AvgIpc) is 2.42. The number of carbonyl (C=O) groups is 2. The van der Waals surface area contributed by atoms with Gasteiger partial charge in [-0.2, -0.15) is 0 Å². The van der Waals surface area contributed by atoms with Gasteiger partial charge in [-0.1, -0.05) is 52.4 Å². The summed E-state index contributed by atoms with van der Waals surface area (Å²) in [6, 6.07) is 0.234. The number of rotatable bonds is 10. The van der Waals surface area contributed by atoms with Crippen molar-refractivity contribution < 1.29 is 9.59 Å². The van der Waals surface area contributed by atoms with Crippen LogP contribution in [0.4, 0.5) is 0 Å². The number of hydrogen-bond donors (Lipinski definition) is 2. The van der Waals surface area contributed by atoms with E-state index in [1.807, 2.05) is 0 Å². The molecule has 4 nitrogen and oxygen atoms in total. The zero-order valence-corrected chi connectivity index (χ0v) is 13.0. The van der Waals surface area contributed by atoms with E-state index in [0.29, 0.717) is 18.9 Å². The molecule has 0 aromatic carbocycles. The Morgan fingerprint density at radius 1 is 1.10 bits per heavy atom. The minimum absolute atomic E-state index is 0.137. The molecule has 1 aliphatic rings. The Labute approximate surface area is 123 Å². The molecule has 1 saturated heterocycles. The minimum Gasteiger partial charge on any atom is -0.303 e. The Morgan fingerprint density at radius 2 is 1.70 bits per heavy atom. The number of hydrogen-bond acceptors (Lipinski definition) is 3. The SMILES string of the molecule is CCCCCC(CCCCC)NC1CCC(=O)NC1=O. The maximum atomic E-state index is 11.8. The third kappa shape index (κ3) is 6.51. The molecule has 0 aromatic heterocycles. The predicted molar refractivity (Wildman–Crippen MR) is 81.4 cm³/mol. The molecule has 0 radical (unpaired) electrons. The van der Waals surface area contributed by atoms with Crippen LogP contribution in [0.15, 0.2) is 0 Å². The van der Waals surface area contributed by atoms with E-state index in [1.54, 1.807) is 0 Å². The fraction of sp³-hybridized carbons (Fsp3) is 0.875. The highest BCUT2D eigenvalue weighted by Crippen LogP contribution is 2.14. The van der Waals surface area contributed by atoms with Gasteiger partial charge in [0, 0.05) is 12.5 Å². The molecule has 1 aliphatic heterocycles. The third-order valence-corrected chi connectivity index (χ3v) is 3.99. The van der Waals surface area contributed by atoms with Crippen LogP contribution in [0.5, 0.6) is 0 Å². The van der Waals surface area contributed by atoms with Gasteiger partial charge in [0.05, 0.1) is 6.04 Å². The van der Waals surface area contributed by atoms with E-state index in [9.17, 15) is 9.59 Å². The molecule has 2 N–H and O–H groups in total. The van der Waals surface area contributed by atoms with Gasteiger partial charge in [0.25, 0.3) is 0 Å². The highest BCUT2D eigenvalue weighted by atomic mass is 16.2. The van der Waals surface area contributed by atoms with Gasteiger partial charge in [-0.05, 0) is 19.3 Å². The predicted octanol–water partition coefficient (Wildman–Crippen LogP) is 2.91. The van der Waals surface area contributed by atoms with Crippen LogP contribution >= 0.6 is 0 Å². The maximum Gasteiger partial charge on any atom is 0.243 e. The summed E-state index contributed by atoms with van der Waals surface area (Å²) in [5.41, 5.74) is 0. The lowest BCUT2D eigenvalue weighted by atomic mass is 9.98. The largest absolute Gasteiger partial charge is 0.303 e. The second-order valence-electron chi connectivity index (χ2n) is 5.86. The summed E-state index contributed by atoms with van der Waals surface area (Å²) in [7, 11) is 0. The van der Waals surface area contributed by atoms with Crippen LogP contribution in [-0.2, 0) is 9.59 Å². The van der Waals surface area contributed by atoms with Crippen LogP contribution in [0.25, 0.3) is 0 Å². The minimum atomic E-state index is -0.180. The molecule has 0 saturated carbocycles. The quantitative estimate of drug-likeness (QED) is 0.478. The van der Waals surface area contributed by atoms with E-state index in [0.717, 1.165) is 12.8 Å². The van der Waals surface area contributed by atoms with Crippen molar-refractivity contribution in [3.8, 4) is 0 Å². The molecule has 1 atom stereocenters. The molecule has 4 heteroatoms. The summed E-state index contributed by atoms with van der Waals surface area (Å²) in [5, 5.41) is 5.91. The molecule has 0 aliphatic carbocycles. The van der Waals surface area contributed by atoms with Gasteiger partial charge < -0.3 is 5.32 Å². The maximum absolute atomic E-state index is 11.8. The molecule has 1 heterocycles. The summed E-state index contributed by atoms with van der Waals surface area (Å²) >= 11 is 0. The van der Waals surface area contributed by atoms with E-state index in [1.165, 1.54) is 38.5 Å². The number of carbonyl (C=O) groups excluding carboxylic acids is 2. The topological polar surface area (TPSA) is 58.2 Å². The van der Waals surface area contributed by atoms with Gasteiger partial charge in [0.1, 0.15) is 0 Å². The van der Waals surface area contributed by atoms with Crippen molar-refractivity contribution in [3.05, 3.63) is 0 Å². The van der Waals surface area contributed by atoms with Crippen LogP contribution in [0, 0.1) is 0 Å². The van der Waals surface area contributed by atoms with E-state index < -0.39 is 0 Å². The van der Waals surface area contributed by atoms with Gasteiger partial charge in [0.2, 0.25) is 11.8 Å². The van der Waals surface area contributed by atoms with E-state index in [4.69, 9.17) is 0 Å². The molecule has 2 amide bonds. The molecule has 20 heavy (non-hydrogen) atoms. The molecular weight excluding hydrogens is 252 g/mol. The molecule has 1 unspecified atom stereocenters. The van der Waals surface area contributed by atoms with Crippen LogP contribution in [0.3, 0.4) is 0 Å². The number of unbranched alkanes of at least 4 members (excludes halogenated alkanes) is 4. The molecule has 0 bridgehead atoms.